The Morgan fingerprint density at radius 2 is 2.14 bits per heavy atom. The number of piperidine rings is 1. The molecule has 0 saturated carbocycles. The minimum absolute atomic E-state index is 0.0466. The van der Waals surface area contributed by atoms with Crippen LogP contribution in [0.1, 0.15) is 25.3 Å². The molecule has 1 aliphatic heterocycles. The van der Waals surface area contributed by atoms with E-state index in [0.29, 0.717) is 23.8 Å². The fraction of sp³-hybridized carbons (Fsp3) is 0.588. The van der Waals surface area contributed by atoms with E-state index in [0.717, 1.165) is 18.7 Å². The molecule has 2 atom stereocenters. The highest BCUT2D eigenvalue weighted by atomic mass is 16.5. The minimum atomic E-state index is 0.0466. The Balaban J connectivity index is 1.91. The molecule has 0 spiro atoms. The molecule has 1 heterocycles. The van der Waals surface area contributed by atoms with Crippen molar-refractivity contribution in [3.8, 4) is 11.5 Å². The van der Waals surface area contributed by atoms with Crippen LogP contribution in [0.4, 0.5) is 0 Å². The maximum atomic E-state index is 12.2. The number of methoxy groups -OCH3 is 2. The maximum absolute atomic E-state index is 12.2. The summed E-state index contributed by atoms with van der Waals surface area (Å²) in [5.41, 5.74) is 0.920. The van der Waals surface area contributed by atoms with Crippen LogP contribution in [0.2, 0.25) is 0 Å². The van der Waals surface area contributed by atoms with E-state index < -0.39 is 0 Å². The van der Waals surface area contributed by atoms with Gasteiger partial charge in [-0.3, -0.25) is 4.79 Å². The Kier molecular flexibility index (Phi) is 6.07. The molecule has 1 aromatic carbocycles. The third-order valence-corrected chi connectivity index (χ3v) is 4.24. The van der Waals surface area contributed by atoms with Gasteiger partial charge in [-0.15, -0.1) is 0 Å². The average molecular weight is 306 g/mol. The number of rotatable bonds is 6. The van der Waals surface area contributed by atoms with E-state index >= 15 is 0 Å². The van der Waals surface area contributed by atoms with Gasteiger partial charge in [0.05, 0.1) is 20.6 Å². The van der Waals surface area contributed by atoms with Crippen molar-refractivity contribution in [1.82, 2.24) is 10.6 Å². The second-order valence-corrected chi connectivity index (χ2v) is 5.83. The molecule has 2 rings (SSSR count). The predicted octanol–water partition coefficient (Wildman–Crippen LogP) is 1.75. The van der Waals surface area contributed by atoms with Crippen LogP contribution >= 0.6 is 0 Å². The zero-order valence-corrected chi connectivity index (χ0v) is 13.6. The zero-order chi connectivity index (χ0) is 15.9. The van der Waals surface area contributed by atoms with Crippen LogP contribution in [0.25, 0.3) is 0 Å². The molecule has 0 aromatic heterocycles. The van der Waals surface area contributed by atoms with E-state index in [9.17, 15) is 4.79 Å². The van der Waals surface area contributed by atoms with Gasteiger partial charge in [-0.05, 0) is 56.5 Å². The van der Waals surface area contributed by atoms with E-state index in [1.807, 2.05) is 18.2 Å². The third-order valence-electron chi connectivity index (χ3n) is 4.24. The first-order chi connectivity index (χ1) is 10.6. The molecule has 0 aliphatic carbocycles. The molecule has 5 heteroatoms. The molecule has 122 valence electrons. The van der Waals surface area contributed by atoms with Gasteiger partial charge in [0, 0.05) is 6.04 Å². The van der Waals surface area contributed by atoms with E-state index in [1.54, 1.807) is 14.2 Å². The van der Waals surface area contributed by atoms with Crippen LogP contribution in [-0.4, -0.2) is 39.3 Å². The van der Waals surface area contributed by atoms with Crippen molar-refractivity contribution in [2.24, 2.45) is 5.92 Å². The lowest BCUT2D eigenvalue weighted by molar-refractivity contribution is -0.121. The first-order valence-electron chi connectivity index (χ1n) is 7.85. The second-order valence-electron chi connectivity index (χ2n) is 5.83. The number of nitrogens with one attached hydrogen (secondary N) is 2. The van der Waals surface area contributed by atoms with Crippen molar-refractivity contribution in [3.05, 3.63) is 23.8 Å². The van der Waals surface area contributed by atoms with Crippen molar-refractivity contribution in [2.75, 3.05) is 27.3 Å². The molecule has 2 N–H and O–H groups in total. The Hall–Kier alpha value is -1.75. The standard InChI is InChI=1S/C17H26N2O3/c1-12(14-5-4-8-18-11-14)19-17(20)10-13-6-7-15(21-2)16(9-13)22-3/h6-7,9,12,14,18H,4-5,8,10-11H2,1-3H3,(H,19,20). The van der Waals surface area contributed by atoms with Crippen LogP contribution in [0.5, 0.6) is 11.5 Å². The highest BCUT2D eigenvalue weighted by Gasteiger charge is 2.21. The van der Waals surface area contributed by atoms with Crippen LogP contribution in [0.15, 0.2) is 18.2 Å². The van der Waals surface area contributed by atoms with Crippen LogP contribution in [0.3, 0.4) is 0 Å². The molecule has 0 radical (unpaired) electrons. The molecule has 1 amide bonds. The van der Waals surface area contributed by atoms with Gasteiger partial charge in [-0.25, -0.2) is 0 Å². The predicted molar refractivity (Wildman–Crippen MR) is 86.4 cm³/mol. The normalized spacial score (nSPS) is 19.3. The average Bonchev–Trinajstić information content (AvgIpc) is 2.55. The SMILES string of the molecule is COc1ccc(CC(=O)NC(C)C2CCCNC2)cc1OC. The molecule has 1 fully saturated rings. The Morgan fingerprint density at radius 1 is 1.36 bits per heavy atom. The number of carbonyl (C=O) groups is 1. The molecular weight excluding hydrogens is 280 g/mol. The summed E-state index contributed by atoms with van der Waals surface area (Å²) in [6.45, 7) is 4.16. The van der Waals surface area contributed by atoms with Gasteiger partial charge < -0.3 is 20.1 Å². The maximum Gasteiger partial charge on any atom is 0.224 e. The van der Waals surface area contributed by atoms with E-state index in [2.05, 4.69) is 17.6 Å². The molecule has 5 nitrogen and oxygen atoms in total. The number of hydrogen-bond acceptors (Lipinski definition) is 4. The van der Waals surface area contributed by atoms with Gasteiger partial charge in [0.2, 0.25) is 5.91 Å². The summed E-state index contributed by atoms with van der Waals surface area (Å²) in [4.78, 5) is 12.2. The number of hydrogen-bond donors (Lipinski definition) is 2. The monoisotopic (exact) mass is 306 g/mol. The zero-order valence-electron chi connectivity index (χ0n) is 13.6. The molecule has 1 saturated heterocycles. The van der Waals surface area contributed by atoms with Gasteiger partial charge >= 0.3 is 0 Å². The van der Waals surface area contributed by atoms with Gasteiger partial charge in [-0.1, -0.05) is 6.07 Å². The van der Waals surface area contributed by atoms with Crippen molar-refractivity contribution in [2.45, 2.75) is 32.2 Å². The van der Waals surface area contributed by atoms with E-state index in [4.69, 9.17) is 9.47 Å². The summed E-state index contributed by atoms with van der Waals surface area (Å²) >= 11 is 0. The highest BCUT2D eigenvalue weighted by Crippen LogP contribution is 2.27. The van der Waals surface area contributed by atoms with Crippen molar-refractivity contribution < 1.29 is 14.3 Å². The van der Waals surface area contributed by atoms with Crippen LogP contribution in [0, 0.1) is 5.92 Å². The first-order valence-corrected chi connectivity index (χ1v) is 7.85. The molecule has 0 bridgehead atoms. The quantitative estimate of drug-likeness (QED) is 0.840. The first kappa shape index (κ1) is 16.6. The van der Waals surface area contributed by atoms with Crippen molar-refractivity contribution >= 4 is 5.91 Å². The fourth-order valence-electron chi connectivity index (χ4n) is 2.90. The smallest absolute Gasteiger partial charge is 0.224 e. The molecule has 1 aromatic rings. The summed E-state index contributed by atoms with van der Waals surface area (Å²) < 4.78 is 10.5. The van der Waals surface area contributed by atoms with E-state index in [-0.39, 0.29) is 11.9 Å². The lowest BCUT2D eigenvalue weighted by Crippen LogP contribution is -2.45. The summed E-state index contributed by atoms with van der Waals surface area (Å²) in [6, 6.07) is 5.77. The second kappa shape index (κ2) is 8.03. The van der Waals surface area contributed by atoms with Crippen LogP contribution in [-0.2, 0) is 11.2 Å². The van der Waals surface area contributed by atoms with Gasteiger partial charge in [0.1, 0.15) is 0 Å². The van der Waals surface area contributed by atoms with Gasteiger partial charge in [0.15, 0.2) is 11.5 Å². The van der Waals surface area contributed by atoms with Crippen molar-refractivity contribution in [1.29, 1.82) is 0 Å². The Labute approximate surface area is 132 Å². The number of amides is 1. The summed E-state index contributed by atoms with van der Waals surface area (Å²) in [5, 5.41) is 6.50. The molecular formula is C17H26N2O3. The summed E-state index contributed by atoms with van der Waals surface area (Å²) in [6.07, 6.45) is 2.70. The topological polar surface area (TPSA) is 59.6 Å². The Bertz CT molecular complexity index is 499. The summed E-state index contributed by atoms with van der Waals surface area (Å²) in [5.74, 6) is 1.89. The lowest BCUT2D eigenvalue weighted by Gasteiger charge is -2.29. The number of carbonyl (C=O) groups excluding carboxylic acids is 1. The third kappa shape index (κ3) is 4.37. The van der Waals surface area contributed by atoms with Crippen LogP contribution < -0.4 is 20.1 Å². The Morgan fingerprint density at radius 3 is 2.77 bits per heavy atom. The highest BCUT2D eigenvalue weighted by molar-refractivity contribution is 5.79. The number of benzene rings is 1. The van der Waals surface area contributed by atoms with E-state index in [1.165, 1.54) is 12.8 Å². The molecule has 22 heavy (non-hydrogen) atoms. The number of ether oxygens (including phenoxy) is 2. The summed E-state index contributed by atoms with van der Waals surface area (Å²) in [7, 11) is 3.20. The molecule has 2 unspecified atom stereocenters. The minimum Gasteiger partial charge on any atom is -0.493 e. The molecule has 1 aliphatic rings. The van der Waals surface area contributed by atoms with Gasteiger partial charge in [-0.2, -0.15) is 0 Å². The lowest BCUT2D eigenvalue weighted by atomic mass is 9.92. The van der Waals surface area contributed by atoms with Gasteiger partial charge in [0.25, 0.3) is 0 Å². The van der Waals surface area contributed by atoms with Crippen molar-refractivity contribution in [3.63, 3.8) is 0 Å². The largest absolute Gasteiger partial charge is 0.493 e. The fourth-order valence-corrected chi connectivity index (χ4v) is 2.90.